The Bertz CT molecular complexity index is 280. The average Bonchev–Trinajstić information content (AvgIpc) is 2.47. The molecule has 0 radical (unpaired) electrons. The van der Waals surface area contributed by atoms with Gasteiger partial charge in [-0.2, -0.15) is 0 Å². The van der Waals surface area contributed by atoms with Crippen molar-refractivity contribution >= 4 is 8.72 Å². The van der Waals surface area contributed by atoms with Crippen LogP contribution < -0.4 is 4.98 Å². The first-order valence-electron chi connectivity index (χ1n) is 8.51. The van der Waals surface area contributed by atoms with Crippen molar-refractivity contribution < 1.29 is 8.85 Å². The maximum atomic E-state index is 6.08. The zero-order chi connectivity index (χ0) is 14.6. The van der Waals surface area contributed by atoms with Gasteiger partial charge in [-0.3, -0.25) is 4.98 Å². The Morgan fingerprint density at radius 1 is 0.800 bits per heavy atom. The van der Waals surface area contributed by atoms with E-state index in [2.05, 4.69) is 18.8 Å². The van der Waals surface area contributed by atoms with E-state index in [1.165, 1.54) is 51.4 Å². The second-order valence-corrected chi connectivity index (χ2v) is 10.1. The number of hydrogen-bond donors (Lipinski definition) is 1. The first-order chi connectivity index (χ1) is 9.63. The Morgan fingerprint density at radius 2 is 1.35 bits per heavy atom. The third-order valence-corrected chi connectivity index (χ3v) is 9.64. The molecule has 3 nitrogen and oxygen atoms in total. The molecule has 2 rings (SSSR count). The molecule has 0 saturated heterocycles. The van der Waals surface area contributed by atoms with Crippen molar-refractivity contribution in [2.24, 2.45) is 11.8 Å². The highest BCUT2D eigenvalue weighted by Crippen LogP contribution is 2.45. The van der Waals surface area contributed by atoms with Crippen LogP contribution in [0.2, 0.25) is 5.54 Å². The Balaban J connectivity index is 2.13. The number of hydrogen-bond acceptors (Lipinski definition) is 3. The van der Waals surface area contributed by atoms with Crippen molar-refractivity contribution in [3.05, 3.63) is 0 Å². The summed E-state index contributed by atoms with van der Waals surface area (Å²) in [6.07, 6.45) is 10.7. The van der Waals surface area contributed by atoms with E-state index in [-0.39, 0.29) is 0 Å². The zero-order valence-corrected chi connectivity index (χ0v) is 14.8. The molecule has 2 unspecified atom stereocenters. The van der Waals surface area contributed by atoms with Gasteiger partial charge in [-0.1, -0.05) is 52.4 Å². The van der Waals surface area contributed by atoms with E-state index in [0.29, 0.717) is 23.4 Å². The van der Waals surface area contributed by atoms with E-state index < -0.39 is 8.72 Å². The van der Waals surface area contributed by atoms with E-state index in [1.54, 1.807) is 0 Å². The third kappa shape index (κ3) is 3.46. The van der Waals surface area contributed by atoms with Gasteiger partial charge in [0, 0.05) is 25.8 Å². The molecule has 0 aromatic rings. The highest BCUT2D eigenvalue weighted by atomic mass is 28.4. The first kappa shape index (κ1) is 16.5. The molecule has 0 aromatic carbocycles. The van der Waals surface area contributed by atoms with Crippen LogP contribution in [0.15, 0.2) is 0 Å². The first-order valence-corrected chi connectivity index (χ1v) is 10.4. The SMILES string of the molecule is CO[Si](NC1CCCCC1)(OC)C1C(C)CCCC1C. The summed E-state index contributed by atoms with van der Waals surface area (Å²) in [5.74, 6) is 1.42. The highest BCUT2D eigenvalue weighted by Gasteiger charge is 2.52. The number of rotatable bonds is 5. The minimum Gasteiger partial charge on any atom is -0.386 e. The summed E-state index contributed by atoms with van der Waals surface area (Å²) in [4.78, 5) is 3.89. The van der Waals surface area contributed by atoms with Gasteiger partial charge in [0.2, 0.25) is 0 Å². The van der Waals surface area contributed by atoms with E-state index in [4.69, 9.17) is 8.85 Å². The van der Waals surface area contributed by atoms with Gasteiger partial charge in [0.1, 0.15) is 0 Å². The van der Waals surface area contributed by atoms with Crippen LogP contribution in [-0.4, -0.2) is 29.0 Å². The molecule has 0 aliphatic heterocycles. The van der Waals surface area contributed by atoms with Gasteiger partial charge >= 0.3 is 8.72 Å². The van der Waals surface area contributed by atoms with Crippen LogP contribution in [0.5, 0.6) is 0 Å². The van der Waals surface area contributed by atoms with Crippen molar-refractivity contribution in [2.75, 3.05) is 14.2 Å². The fourth-order valence-electron chi connectivity index (χ4n) is 4.53. The second-order valence-electron chi connectivity index (χ2n) is 6.97. The summed E-state index contributed by atoms with van der Waals surface area (Å²) in [6.45, 7) is 4.78. The fraction of sp³-hybridized carbons (Fsp3) is 1.00. The maximum absolute atomic E-state index is 6.08. The third-order valence-electron chi connectivity index (χ3n) is 5.60. The number of nitrogens with one attached hydrogen (secondary N) is 1. The van der Waals surface area contributed by atoms with Crippen LogP contribution in [0.1, 0.15) is 65.2 Å². The van der Waals surface area contributed by atoms with E-state index in [1.807, 2.05) is 14.2 Å². The summed E-state index contributed by atoms with van der Waals surface area (Å²) >= 11 is 0. The van der Waals surface area contributed by atoms with Crippen LogP contribution in [0.4, 0.5) is 0 Å². The average molecular weight is 300 g/mol. The van der Waals surface area contributed by atoms with Gasteiger partial charge in [0.05, 0.1) is 0 Å². The molecular weight excluding hydrogens is 266 g/mol. The smallest absolute Gasteiger partial charge is 0.386 e. The van der Waals surface area contributed by atoms with Crippen molar-refractivity contribution in [3.8, 4) is 0 Å². The zero-order valence-electron chi connectivity index (χ0n) is 13.8. The van der Waals surface area contributed by atoms with Crippen LogP contribution in [0.25, 0.3) is 0 Å². The van der Waals surface area contributed by atoms with Gasteiger partial charge in [-0.05, 0) is 24.7 Å². The van der Waals surface area contributed by atoms with Crippen molar-refractivity contribution in [2.45, 2.75) is 76.8 Å². The van der Waals surface area contributed by atoms with Crippen molar-refractivity contribution in [1.29, 1.82) is 0 Å². The molecule has 0 aromatic heterocycles. The lowest BCUT2D eigenvalue weighted by Gasteiger charge is -2.46. The Kier molecular flexibility index (Phi) is 6.08. The molecule has 2 aliphatic carbocycles. The van der Waals surface area contributed by atoms with Crippen LogP contribution >= 0.6 is 0 Å². The predicted octanol–water partition coefficient (Wildman–Crippen LogP) is 3.97. The lowest BCUT2D eigenvalue weighted by atomic mass is 9.83. The highest BCUT2D eigenvalue weighted by molar-refractivity contribution is 6.66. The molecule has 4 heteroatoms. The second kappa shape index (κ2) is 7.39. The van der Waals surface area contributed by atoms with Crippen LogP contribution in [-0.2, 0) is 8.85 Å². The molecule has 0 amide bonds. The topological polar surface area (TPSA) is 30.5 Å². The molecule has 2 fully saturated rings. The summed E-state index contributed by atoms with van der Waals surface area (Å²) in [5, 5.41) is 0. The minimum absolute atomic E-state index is 0.577. The summed E-state index contributed by atoms with van der Waals surface area (Å²) < 4.78 is 12.2. The van der Waals surface area contributed by atoms with Crippen LogP contribution in [0.3, 0.4) is 0 Å². The van der Waals surface area contributed by atoms with E-state index in [0.717, 1.165) is 0 Å². The molecule has 2 saturated carbocycles. The van der Waals surface area contributed by atoms with Gasteiger partial charge in [0.25, 0.3) is 0 Å². The monoisotopic (exact) mass is 299 g/mol. The Morgan fingerprint density at radius 3 is 1.85 bits per heavy atom. The summed E-state index contributed by atoms with van der Waals surface area (Å²) in [5.41, 5.74) is 0.577. The maximum Gasteiger partial charge on any atom is 0.428 e. The van der Waals surface area contributed by atoms with E-state index >= 15 is 0 Å². The molecule has 2 aliphatic rings. The molecule has 0 bridgehead atoms. The van der Waals surface area contributed by atoms with Gasteiger partial charge < -0.3 is 8.85 Å². The minimum atomic E-state index is -2.31. The largest absolute Gasteiger partial charge is 0.428 e. The molecule has 0 heterocycles. The molecule has 118 valence electrons. The van der Waals surface area contributed by atoms with Crippen LogP contribution in [0, 0.1) is 11.8 Å². The van der Waals surface area contributed by atoms with E-state index in [9.17, 15) is 0 Å². The molecule has 2 atom stereocenters. The molecule has 20 heavy (non-hydrogen) atoms. The quantitative estimate of drug-likeness (QED) is 0.779. The summed E-state index contributed by atoms with van der Waals surface area (Å²) in [6, 6.07) is 0.608. The summed E-state index contributed by atoms with van der Waals surface area (Å²) in [7, 11) is 1.42. The van der Waals surface area contributed by atoms with Crippen molar-refractivity contribution in [3.63, 3.8) is 0 Å². The molecule has 1 N–H and O–H groups in total. The standard InChI is InChI=1S/C16H33NO2Si/c1-13-9-8-10-14(2)16(13)20(18-3,19-4)17-15-11-6-5-7-12-15/h13-17H,5-12H2,1-4H3. The lowest BCUT2D eigenvalue weighted by Crippen LogP contribution is -2.64. The predicted molar refractivity (Wildman–Crippen MR) is 85.7 cm³/mol. The fourth-order valence-corrected chi connectivity index (χ4v) is 8.36. The Labute approximate surface area is 126 Å². The molecular formula is C16H33NO2Si. The van der Waals surface area contributed by atoms with Gasteiger partial charge in [-0.15, -0.1) is 0 Å². The van der Waals surface area contributed by atoms with Gasteiger partial charge in [0.15, 0.2) is 0 Å². The van der Waals surface area contributed by atoms with Crippen molar-refractivity contribution in [1.82, 2.24) is 4.98 Å². The normalized spacial score (nSPS) is 33.3. The Hall–Kier alpha value is 0.0969. The molecule has 0 spiro atoms. The lowest BCUT2D eigenvalue weighted by molar-refractivity contribution is 0.155. The van der Waals surface area contributed by atoms with Gasteiger partial charge in [-0.25, -0.2) is 0 Å².